The molecule has 4 heteroatoms. The van der Waals surface area contributed by atoms with E-state index in [1.54, 1.807) is 11.3 Å². The maximum atomic E-state index is 5.99. The molecule has 0 aromatic carbocycles. The van der Waals surface area contributed by atoms with Crippen molar-refractivity contribution in [3.63, 3.8) is 0 Å². The van der Waals surface area contributed by atoms with Crippen molar-refractivity contribution in [3.8, 4) is 0 Å². The van der Waals surface area contributed by atoms with E-state index in [0.29, 0.717) is 12.6 Å². The first kappa shape index (κ1) is 14.5. The third kappa shape index (κ3) is 2.97. The summed E-state index contributed by atoms with van der Waals surface area (Å²) in [7, 11) is 0. The number of nitrogens with two attached hydrogens (primary N) is 1. The first-order chi connectivity index (χ1) is 10.2. The maximum Gasteiger partial charge on any atom is 0.133 e. The number of hydrogen-bond acceptors (Lipinski definition) is 4. The lowest BCUT2D eigenvalue weighted by atomic mass is 10.1. The van der Waals surface area contributed by atoms with Crippen molar-refractivity contribution in [3.05, 3.63) is 45.3 Å². The van der Waals surface area contributed by atoms with Gasteiger partial charge in [0.2, 0.25) is 0 Å². The van der Waals surface area contributed by atoms with Crippen molar-refractivity contribution in [1.29, 1.82) is 0 Å². The smallest absolute Gasteiger partial charge is 0.133 e. The number of rotatable bonds is 5. The number of aromatic nitrogens is 1. The Morgan fingerprint density at radius 1 is 1.38 bits per heavy atom. The molecular formula is C17H23N3S. The molecule has 2 heterocycles. The lowest BCUT2D eigenvalue weighted by molar-refractivity contribution is 0.670. The molecule has 3 rings (SSSR count). The zero-order chi connectivity index (χ0) is 14.8. The van der Waals surface area contributed by atoms with Crippen molar-refractivity contribution in [1.82, 2.24) is 4.98 Å². The predicted octanol–water partition coefficient (Wildman–Crippen LogP) is 3.51. The molecule has 0 saturated carbocycles. The topological polar surface area (TPSA) is 42.2 Å². The third-order valence-corrected chi connectivity index (χ3v) is 4.99. The molecule has 0 spiro atoms. The Morgan fingerprint density at radius 3 is 2.90 bits per heavy atom. The molecule has 0 fully saturated rings. The van der Waals surface area contributed by atoms with Gasteiger partial charge < -0.3 is 10.6 Å². The van der Waals surface area contributed by atoms with E-state index in [9.17, 15) is 0 Å². The van der Waals surface area contributed by atoms with Gasteiger partial charge in [-0.3, -0.25) is 0 Å². The van der Waals surface area contributed by atoms with Gasteiger partial charge in [-0.25, -0.2) is 4.98 Å². The van der Waals surface area contributed by atoms with Gasteiger partial charge in [0.25, 0.3) is 0 Å². The van der Waals surface area contributed by atoms with E-state index in [1.165, 1.54) is 28.1 Å². The van der Waals surface area contributed by atoms with Crippen molar-refractivity contribution in [2.45, 2.75) is 52.2 Å². The molecule has 3 nitrogen and oxygen atoms in total. The maximum absolute atomic E-state index is 5.99. The Labute approximate surface area is 130 Å². The van der Waals surface area contributed by atoms with Gasteiger partial charge in [0.05, 0.1) is 6.54 Å². The van der Waals surface area contributed by atoms with E-state index in [0.717, 1.165) is 25.2 Å². The average molecular weight is 301 g/mol. The first-order valence-corrected chi connectivity index (χ1v) is 8.57. The summed E-state index contributed by atoms with van der Waals surface area (Å²) >= 11 is 1.80. The summed E-state index contributed by atoms with van der Waals surface area (Å²) < 4.78 is 0. The Kier molecular flexibility index (Phi) is 4.27. The second-order valence-corrected chi connectivity index (χ2v) is 6.97. The van der Waals surface area contributed by atoms with Crippen LogP contribution < -0.4 is 10.6 Å². The van der Waals surface area contributed by atoms with Crippen LogP contribution in [0, 0.1) is 0 Å². The summed E-state index contributed by atoms with van der Waals surface area (Å²) in [5, 5.41) is 2.13. The van der Waals surface area contributed by atoms with Crippen LogP contribution in [0.5, 0.6) is 0 Å². The van der Waals surface area contributed by atoms with Crippen LogP contribution in [0.3, 0.4) is 0 Å². The molecule has 0 atom stereocenters. The van der Waals surface area contributed by atoms with Gasteiger partial charge in [0.15, 0.2) is 0 Å². The third-order valence-electron chi connectivity index (χ3n) is 4.13. The highest BCUT2D eigenvalue weighted by molar-refractivity contribution is 7.09. The fourth-order valence-corrected chi connectivity index (χ4v) is 3.68. The largest absolute Gasteiger partial charge is 0.349 e. The molecule has 0 amide bonds. The molecule has 2 aromatic rings. The van der Waals surface area contributed by atoms with Gasteiger partial charge >= 0.3 is 0 Å². The van der Waals surface area contributed by atoms with Crippen molar-refractivity contribution < 1.29 is 0 Å². The molecule has 2 N–H and O–H groups in total. The molecular weight excluding hydrogens is 278 g/mol. The van der Waals surface area contributed by atoms with Crippen molar-refractivity contribution in [2.75, 3.05) is 4.90 Å². The van der Waals surface area contributed by atoms with E-state index in [2.05, 4.69) is 42.3 Å². The van der Waals surface area contributed by atoms with Gasteiger partial charge in [-0.05, 0) is 56.2 Å². The van der Waals surface area contributed by atoms with Gasteiger partial charge in [0, 0.05) is 28.7 Å². The minimum atomic E-state index is 0.407. The fraction of sp³-hybridized carbons (Fsp3) is 0.471. The summed E-state index contributed by atoms with van der Waals surface area (Å²) in [4.78, 5) is 8.73. The summed E-state index contributed by atoms with van der Waals surface area (Å²) in [5.74, 6) is 1.08. The Bertz CT molecular complexity index is 605. The molecule has 1 aliphatic carbocycles. The highest BCUT2D eigenvalue weighted by Gasteiger charge is 2.21. The zero-order valence-electron chi connectivity index (χ0n) is 12.8. The van der Waals surface area contributed by atoms with E-state index in [1.807, 2.05) is 0 Å². The summed E-state index contributed by atoms with van der Waals surface area (Å²) in [6.45, 7) is 5.92. The van der Waals surface area contributed by atoms with Crippen LogP contribution >= 0.6 is 11.3 Å². The second-order valence-electron chi connectivity index (χ2n) is 5.94. The number of hydrogen-bond donors (Lipinski definition) is 1. The lowest BCUT2D eigenvalue weighted by Gasteiger charge is -2.30. The molecule has 0 bridgehead atoms. The summed E-state index contributed by atoms with van der Waals surface area (Å²) in [6, 6.07) is 6.99. The molecule has 0 unspecified atom stereocenters. The van der Waals surface area contributed by atoms with Crippen LogP contribution in [-0.4, -0.2) is 11.0 Å². The normalized spacial score (nSPS) is 13.7. The quantitative estimate of drug-likeness (QED) is 0.919. The van der Waals surface area contributed by atoms with Crippen LogP contribution in [0.2, 0.25) is 0 Å². The monoisotopic (exact) mass is 301 g/mol. The molecule has 112 valence electrons. The number of thiophene rings is 1. The Hall–Kier alpha value is -1.39. The van der Waals surface area contributed by atoms with E-state index in [-0.39, 0.29) is 0 Å². The molecule has 0 aliphatic heterocycles. The fourth-order valence-electron chi connectivity index (χ4n) is 2.98. The van der Waals surface area contributed by atoms with Crippen LogP contribution in [0.15, 0.2) is 23.6 Å². The van der Waals surface area contributed by atoms with Gasteiger partial charge in [0.1, 0.15) is 5.82 Å². The molecule has 0 radical (unpaired) electrons. The predicted molar refractivity (Wildman–Crippen MR) is 89.8 cm³/mol. The van der Waals surface area contributed by atoms with Crippen LogP contribution in [0.1, 0.15) is 42.0 Å². The highest BCUT2D eigenvalue weighted by Crippen LogP contribution is 2.29. The van der Waals surface area contributed by atoms with E-state index in [4.69, 9.17) is 10.7 Å². The second kappa shape index (κ2) is 6.16. The minimum absolute atomic E-state index is 0.407. The highest BCUT2D eigenvalue weighted by atomic mass is 32.1. The molecule has 0 saturated heterocycles. The van der Waals surface area contributed by atoms with E-state index >= 15 is 0 Å². The SMILES string of the molecule is CC(C)N(Cc1cccs1)c1nc2c(cc1CN)CCC2. The summed E-state index contributed by atoms with van der Waals surface area (Å²) in [5.41, 5.74) is 9.85. The average Bonchev–Trinajstić information content (AvgIpc) is 3.13. The summed E-state index contributed by atoms with van der Waals surface area (Å²) in [6.07, 6.45) is 3.49. The standard InChI is InChI=1S/C17H23N3S/c1-12(2)20(11-15-6-4-8-21-15)17-14(10-18)9-13-5-3-7-16(13)19-17/h4,6,8-9,12H,3,5,7,10-11,18H2,1-2H3. The van der Waals surface area contributed by atoms with Crippen molar-refractivity contribution >= 4 is 17.2 Å². The first-order valence-electron chi connectivity index (χ1n) is 7.69. The van der Waals surface area contributed by atoms with Crippen LogP contribution in [0.25, 0.3) is 0 Å². The molecule has 1 aliphatic rings. The molecule has 21 heavy (non-hydrogen) atoms. The minimum Gasteiger partial charge on any atom is -0.349 e. The van der Waals surface area contributed by atoms with E-state index < -0.39 is 0 Å². The van der Waals surface area contributed by atoms with Gasteiger partial charge in [-0.1, -0.05) is 6.07 Å². The number of fused-ring (bicyclic) bond motifs is 1. The number of pyridine rings is 1. The Balaban J connectivity index is 1.98. The Morgan fingerprint density at radius 2 is 2.24 bits per heavy atom. The van der Waals surface area contributed by atoms with Crippen molar-refractivity contribution in [2.24, 2.45) is 5.73 Å². The molecule has 2 aromatic heterocycles. The van der Waals surface area contributed by atoms with Crippen LogP contribution in [-0.2, 0) is 25.9 Å². The zero-order valence-corrected chi connectivity index (χ0v) is 13.6. The lowest BCUT2D eigenvalue weighted by Crippen LogP contribution is -2.32. The van der Waals surface area contributed by atoms with Gasteiger partial charge in [-0.15, -0.1) is 11.3 Å². The number of anilines is 1. The number of nitrogens with zero attached hydrogens (tertiary/aromatic N) is 2. The van der Waals surface area contributed by atoms with Gasteiger partial charge in [-0.2, -0.15) is 0 Å². The number of aryl methyl sites for hydroxylation is 2. The van der Waals surface area contributed by atoms with Crippen LogP contribution in [0.4, 0.5) is 5.82 Å².